The molecule has 0 aliphatic carbocycles. The Bertz CT molecular complexity index is 505. The second kappa shape index (κ2) is 5.88. The summed E-state index contributed by atoms with van der Waals surface area (Å²) in [5.74, 6) is -2.48. The molecular weight excluding hydrogens is 254 g/mol. The van der Waals surface area contributed by atoms with Crippen LogP contribution in [0.15, 0.2) is 18.2 Å². The number of rotatable bonds is 3. The van der Waals surface area contributed by atoms with E-state index >= 15 is 0 Å². The van der Waals surface area contributed by atoms with Crippen LogP contribution in [-0.4, -0.2) is 42.8 Å². The maximum atomic E-state index is 13.0. The van der Waals surface area contributed by atoms with Gasteiger partial charge in [0.15, 0.2) is 17.4 Å². The number of carbonyl (C=O) groups is 2. The third-order valence-electron chi connectivity index (χ3n) is 2.95. The van der Waals surface area contributed by atoms with Crippen LogP contribution in [-0.2, 0) is 4.79 Å². The van der Waals surface area contributed by atoms with E-state index in [0.29, 0.717) is 13.1 Å². The molecule has 1 N–H and O–H groups in total. The lowest BCUT2D eigenvalue weighted by atomic mass is 10.1. The van der Waals surface area contributed by atoms with Gasteiger partial charge in [-0.15, -0.1) is 0 Å². The SMILES string of the molecule is O=C1CN(CC(=O)c2ccc(F)c(F)c2)CCCN1. The summed E-state index contributed by atoms with van der Waals surface area (Å²) in [6.07, 6.45) is 0.761. The van der Waals surface area contributed by atoms with E-state index in [1.807, 2.05) is 0 Å². The normalized spacial score (nSPS) is 16.8. The predicted octanol–water partition coefficient (Wildman–Crippen LogP) is 0.969. The minimum atomic E-state index is -1.04. The predicted molar refractivity (Wildman–Crippen MR) is 64.8 cm³/mol. The van der Waals surface area contributed by atoms with Gasteiger partial charge in [0.1, 0.15) is 0 Å². The summed E-state index contributed by atoms with van der Waals surface area (Å²) in [4.78, 5) is 25.0. The van der Waals surface area contributed by atoms with Crippen molar-refractivity contribution in [3.63, 3.8) is 0 Å². The van der Waals surface area contributed by atoms with Gasteiger partial charge in [-0.05, 0) is 24.6 Å². The number of halogens is 2. The summed E-state index contributed by atoms with van der Waals surface area (Å²) >= 11 is 0. The topological polar surface area (TPSA) is 49.4 Å². The van der Waals surface area contributed by atoms with Crippen LogP contribution in [0, 0.1) is 11.6 Å². The summed E-state index contributed by atoms with van der Waals surface area (Å²) < 4.78 is 25.8. The van der Waals surface area contributed by atoms with Crippen LogP contribution >= 0.6 is 0 Å². The molecule has 1 heterocycles. The number of ketones is 1. The molecule has 0 saturated carbocycles. The van der Waals surface area contributed by atoms with Crippen molar-refractivity contribution in [2.24, 2.45) is 0 Å². The second-order valence-electron chi connectivity index (χ2n) is 4.47. The van der Waals surface area contributed by atoms with Crippen molar-refractivity contribution in [3.05, 3.63) is 35.4 Å². The molecule has 0 spiro atoms. The highest BCUT2D eigenvalue weighted by atomic mass is 19.2. The quantitative estimate of drug-likeness (QED) is 0.831. The van der Waals surface area contributed by atoms with Crippen molar-refractivity contribution >= 4 is 11.7 Å². The van der Waals surface area contributed by atoms with Gasteiger partial charge in [0.25, 0.3) is 0 Å². The summed E-state index contributed by atoms with van der Waals surface area (Å²) in [6, 6.07) is 3.06. The Labute approximate surface area is 109 Å². The fourth-order valence-corrected chi connectivity index (χ4v) is 1.97. The molecule has 0 bridgehead atoms. The minimum Gasteiger partial charge on any atom is -0.355 e. The van der Waals surface area contributed by atoms with Crippen LogP contribution in [0.1, 0.15) is 16.8 Å². The van der Waals surface area contributed by atoms with E-state index in [2.05, 4.69) is 5.32 Å². The number of benzene rings is 1. The van der Waals surface area contributed by atoms with E-state index in [0.717, 1.165) is 18.6 Å². The van der Waals surface area contributed by atoms with Crippen LogP contribution in [0.2, 0.25) is 0 Å². The van der Waals surface area contributed by atoms with E-state index in [-0.39, 0.29) is 30.3 Å². The first-order valence-electron chi connectivity index (χ1n) is 6.03. The Hall–Kier alpha value is -1.82. The van der Waals surface area contributed by atoms with Crippen LogP contribution in [0.25, 0.3) is 0 Å². The summed E-state index contributed by atoms with van der Waals surface area (Å²) in [7, 11) is 0. The van der Waals surface area contributed by atoms with Gasteiger partial charge >= 0.3 is 0 Å². The van der Waals surface area contributed by atoms with Gasteiger partial charge in [-0.2, -0.15) is 0 Å². The van der Waals surface area contributed by atoms with Gasteiger partial charge < -0.3 is 5.32 Å². The second-order valence-corrected chi connectivity index (χ2v) is 4.47. The summed E-state index contributed by atoms with van der Waals surface area (Å²) in [5, 5.41) is 2.70. The Morgan fingerprint density at radius 1 is 1.32 bits per heavy atom. The Morgan fingerprint density at radius 3 is 2.84 bits per heavy atom. The fourth-order valence-electron chi connectivity index (χ4n) is 1.97. The van der Waals surface area contributed by atoms with E-state index in [1.54, 1.807) is 4.90 Å². The van der Waals surface area contributed by atoms with Gasteiger partial charge in [0.2, 0.25) is 5.91 Å². The molecule has 0 aromatic heterocycles. The first kappa shape index (κ1) is 13.6. The maximum Gasteiger partial charge on any atom is 0.234 e. The number of Topliss-reactive ketones (excluding diaryl/α,β-unsaturated/α-hetero) is 1. The van der Waals surface area contributed by atoms with E-state index in [4.69, 9.17) is 0 Å². The first-order chi connectivity index (χ1) is 9.06. The number of amides is 1. The van der Waals surface area contributed by atoms with Crippen molar-refractivity contribution in [1.82, 2.24) is 10.2 Å². The highest BCUT2D eigenvalue weighted by Crippen LogP contribution is 2.10. The zero-order chi connectivity index (χ0) is 13.8. The van der Waals surface area contributed by atoms with Crippen molar-refractivity contribution < 1.29 is 18.4 Å². The van der Waals surface area contributed by atoms with Gasteiger partial charge in [-0.1, -0.05) is 0 Å². The van der Waals surface area contributed by atoms with E-state index in [1.165, 1.54) is 6.07 Å². The number of carbonyl (C=O) groups excluding carboxylic acids is 2. The average Bonchev–Trinajstić information content (AvgIpc) is 2.57. The molecule has 19 heavy (non-hydrogen) atoms. The number of hydrogen-bond acceptors (Lipinski definition) is 3. The van der Waals surface area contributed by atoms with Crippen molar-refractivity contribution in [3.8, 4) is 0 Å². The number of nitrogens with zero attached hydrogens (tertiary/aromatic N) is 1. The largest absolute Gasteiger partial charge is 0.355 e. The van der Waals surface area contributed by atoms with E-state index in [9.17, 15) is 18.4 Å². The molecule has 1 saturated heterocycles. The first-order valence-corrected chi connectivity index (χ1v) is 6.03. The van der Waals surface area contributed by atoms with Crippen molar-refractivity contribution in [1.29, 1.82) is 0 Å². The highest BCUT2D eigenvalue weighted by molar-refractivity contribution is 5.97. The molecule has 6 heteroatoms. The monoisotopic (exact) mass is 268 g/mol. The van der Waals surface area contributed by atoms with Crippen molar-refractivity contribution in [2.75, 3.05) is 26.2 Å². The molecule has 1 amide bonds. The lowest BCUT2D eigenvalue weighted by molar-refractivity contribution is -0.121. The summed E-state index contributed by atoms with van der Waals surface area (Å²) in [5.41, 5.74) is 0.114. The number of hydrogen-bond donors (Lipinski definition) is 1. The molecule has 0 radical (unpaired) electrons. The van der Waals surface area contributed by atoms with Gasteiger partial charge in [0.05, 0.1) is 13.1 Å². The molecule has 1 fully saturated rings. The van der Waals surface area contributed by atoms with E-state index < -0.39 is 11.6 Å². The van der Waals surface area contributed by atoms with Crippen LogP contribution in [0.5, 0.6) is 0 Å². The molecule has 1 aliphatic heterocycles. The third-order valence-corrected chi connectivity index (χ3v) is 2.95. The zero-order valence-corrected chi connectivity index (χ0v) is 10.3. The minimum absolute atomic E-state index is 0.0263. The Morgan fingerprint density at radius 2 is 2.11 bits per heavy atom. The highest BCUT2D eigenvalue weighted by Gasteiger charge is 2.18. The molecule has 2 rings (SSSR count). The zero-order valence-electron chi connectivity index (χ0n) is 10.3. The van der Waals surface area contributed by atoms with Crippen LogP contribution < -0.4 is 5.32 Å². The third kappa shape index (κ3) is 3.57. The molecule has 1 aromatic rings. The van der Waals surface area contributed by atoms with Gasteiger partial charge in [-0.3, -0.25) is 14.5 Å². The Balaban J connectivity index is 2.03. The van der Waals surface area contributed by atoms with Crippen molar-refractivity contribution in [2.45, 2.75) is 6.42 Å². The standard InChI is InChI=1S/C13H14F2N2O2/c14-10-3-2-9(6-11(10)15)12(18)7-17-5-1-4-16-13(19)8-17/h2-3,6H,1,4-5,7-8H2,(H,16,19). The molecule has 4 nitrogen and oxygen atoms in total. The Kier molecular flexibility index (Phi) is 4.21. The lowest BCUT2D eigenvalue weighted by Crippen LogP contribution is -2.36. The maximum absolute atomic E-state index is 13.0. The van der Waals surface area contributed by atoms with Crippen LogP contribution in [0.3, 0.4) is 0 Å². The average molecular weight is 268 g/mol. The summed E-state index contributed by atoms with van der Waals surface area (Å²) in [6.45, 7) is 1.39. The fraction of sp³-hybridized carbons (Fsp3) is 0.385. The molecule has 1 aliphatic rings. The lowest BCUT2D eigenvalue weighted by Gasteiger charge is -2.17. The van der Waals surface area contributed by atoms with Gasteiger partial charge in [-0.25, -0.2) is 8.78 Å². The molecule has 1 aromatic carbocycles. The van der Waals surface area contributed by atoms with Crippen LogP contribution in [0.4, 0.5) is 8.78 Å². The number of nitrogens with one attached hydrogen (secondary N) is 1. The smallest absolute Gasteiger partial charge is 0.234 e. The molecule has 0 atom stereocenters. The van der Waals surface area contributed by atoms with Gasteiger partial charge in [0, 0.05) is 18.7 Å². The molecular formula is C13H14F2N2O2. The molecule has 102 valence electrons. The molecule has 0 unspecified atom stereocenters.